The molecule has 0 bridgehead atoms. The number of azo groups is 1. The number of nitrogens with zero attached hydrogens (tertiary/aromatic N) is 4. The Morgan fingerprint density at radius 2 is 1.46 bits per heavy atom. The molecule has 15 heteroatoms. The fraction of sp³-hybridized carbons (Fsp3) is 0.200. The van der Waals surface area contributed by atoms with Crippen molar-refractivity contribution in [2.45, 2.75) is 25.4 Å². The van der Waals surface area contributed by atoms with Crippen molar-refractivity contribution in [3.8, 4) is 11.5 Å². The number of benzene rings is 2. The van der Waals surface area contributed by atoms with Crippen LogP contribution in [0.4, 0.5) is 52.6 Å². The summed E-state index contributed by atoms with van der Waals surface area (Å²) in [4.78, 5) is 7.34. The minimum absolute atomic E-state index is 0.0837. The van der Waals surface area contributed by atoms with E-state index < -0.39 is 36.3 Å². The van der Waals surface area contributed by atoms with Crippen molar-refractivity contribution >= 4 is 17.5 Å². The largest absolute Gasteiger partial charge is 0.573 e. The monoisotopic (exact) mass is 507 g/mol. The Morgan fingerprint density at radius 3 is 2.06 bits per heavy atom. The molecular weight excluding hydrogens is 494 g/mol. The van der Waals surface area contributed by atoms with Crippen molar-refractivity contribution in [2.75, 3.05) is 5.32 Å². The van der Waals surface area contributed by atoms with Gasteiger partial charge in [0, 0.05) is 11.8 Å². The van der Waals surface area contributed by atoms with Crippen LogP contribution >= 0.6 is 0 Å². The molecule has 3 aromatic rings. The lowest BCUT2D eigenvalue weighted by Crippen LogP contribution is -2.33. The van der Waals surface area contributed by atoms with Crippen molar-refractivity contribution in [3.63, 3.8) is 0 Å². The molecule has 0 aliphatic heterocycles. The fourth-order valence-electron chi connectivity index (χ4n) is 2.45. The minimum atomic E-state index is -4.82. The van der Waals surface area contributed by atoms with Gasteiger partial charge in [0.15, 0.2) is 0 Å². The standard InChI is InChI=1S/C20H13F8N5O2/c21-15-9-16(30-12-3-7-13(8-4-12)34-19(24,25)17(22)23)32-18(31-15)33-29-10-11-1-5-14(6-2-11)35-20(26,27)28/h1-9,17H,10H2,(H,30,31,32). The van der Waals surface area contributed by atoms with Gasteiger partial charge in [0.1, 0.15) is 17.3 Å². The summed E-state index contributed by atoms with van der Waals surface area (Å²) in [5, 5.41) is 10.1. The molecule has 1 aromatic heterocycles. The SMILES string of the molecule is Fc1cc(Nc2ccc(OC(F)(F)C(F)F)cc2)nc(N=NCc2ccc(OC(F)(F)F)cc2)n1. The zero-order valence-corrected chi connectivity index (χ0v) is 17.1. The van der Waals surface area contributed by atoms with Crippen molar-refractivity contribution in [3.05, 3.63) is 66.1 Å². The van der Waals surface area contributed by atoms with E-state index in [9.17, 15) is 35.1 Å². The highest BCUT2D eigenvalue weighted by atomic mass is 19.4. The smallest absolute Gasteiger partial charge is 0.428 e. The van der Waals surface area contributed by atoms with E-state index in [1.807, 2.05) is 0 Å². The third kappa shape index (κ3) is 8.04. The van der Waals surface area contributed by atoms with Gasteiger partial charge in [0.2, 0.25) is 5.95 Å². The average molecular weight is 507 g/mol. The molecule has 0 amide bonds. The Labute approximate surface area is 191 Å². The second-order valence-electron chi connectivity index (χ2n) is 6.58. The van der Waals surface area contributed by atoms with Crippen LogP contribution in [0.25, 0.3) is 0 Å². The van der Waals surface area contributed by atoms with E-state index in [1.165, 1.54) is 24.3 Å². The number of nitrogens with one attached hydrogen (secondary N) is 1. The van der Waals surface area contributed by atoms with Crippen LogP contribution in [0.5, 0.6) is 11.5 Å². The molecule has 0 saturated carbocycles. The van der Waals surface area contributed by atoms with Crippen molar-refractivity contribution in [2.24, 2.45) is 10.2 Å². The number of hydrogen-bond donors (Lipinski definition) is 1. The summed E-state index contributed by atoms with van der Waals surface area (Å²) < 4.78 is 108. The third-order valence-corrected chi connectivity index (χ3v) is 3.89. The van der Waals surface area contributed by atoms with Crippen LogP contribution in [-0.2, 0) is 6.54 Å². The molecule has 0 atom stereocenters. The summed E-state index contributed by atoms with van der Waals surface area (Å²) in [6.45, 7) is -0.0837. The fourth-order valence-corrected chi connectivity index (χ4v) is 2.45. The number of hydrogen-bond acceptors (Lipinski definition) is 7. The van der Waals surface area contributed by atoms with Gasteiger partial charge in [-0.25, -0.2) is 0 Å². The van der Waals surface area contributed by atoms with Crippen molar-refractivity contribution in [1.29, 1.82) is 0 Å². The average Bonchev–Trinajstić information content (AvgIpc) is 2.75. The highest BCUT2D eigenvalue weighted by Crippen LogP contribution is 2.29. The number of alkyl halides is 7. The highest BCUT2D eigenvalue weighted by Gasteiger charge is 2.43. The number of aromatic nitrogens is 2. The van der Waals surface area contributed by atoms with Crippen molar-refractivity contribution < 1.29 is 44.6 Å². The molecule has 186 valence electrons. The quantitative estimate of drug-likeness (QED) is 0.196. The van der Waals surface area contributed by atoms with Crippen LogP contribution in [-0.4, -0.2) is 28.9 Å². The maximum atomic E-state index is 13.8. The topological polar surface area (TPSA) is 81.0 Å². The first-order chi connectivity index (χ1) is 16.4. The molecule has 0 fully saturated rings. The van der Waals surface area contributed by atoms with Gasteiger partial charge in [0.25, 0.3) is 5.95 Å². The highest BCUT2D eigenvalue weighted by molar-refractivity contribution is 5.57. The first kappa shape index (κ1) is 25.6. The Kier molecular flexibility index (Phi) is 7.66. The number of ether oxygens (including phenoxy) is 2. The van der Waals surface area contributed by atoms with E-state index in [1.54, 1.807) is 0 Å². The van der Waals surface area contributed by atoms with Gasteiger partial charge >= 0.3 is 18.9 Å². The summed E-state index contributed by atoms with van der Waals surface area (Å²) in [7, 11) is 0. The first-order valence-corrected chi connectivity index (χ1v) is 9.38. The van der Waals surface area contributed by atoms with E-state index in [0.29, 0.717) is 5.56 Å². The summed E-state index contributed by atoms with van der Waals surface area (Å²) in [5.41, 5.74) is 0.692. The second-order valence-corrected chi connectivity index (χ2v) is 6.58. The molecule has 2 aromatic carbocycles. The lowest BCUT2D eigenvalue weighted by molar-refractivity contribution is -0.274. The van der Waals surface area contributed by atoms with Crippen LogP contribution < -0.4 is 14.8 Å². The Hall–Kier alpha value is -4.04. The Morgan fingerprint density at radius 1 is 0.857 bits per heavy atom. The molecule has 0 unspecified atom stereocenters. The van der Waals surface area contributed by atoms with E-state index in [2.05, 4.69) is 35.0 Å². The van der Waals surface area contributed by atoms with Gasteiger partial charge in [-0.15, -0.1) is 18.3 Å². The van der Waals surface area contributed by atoms with Crippen LogP contribution in [0.15, 0.2) is 64.8 Å². The lowest BCUT2D eigenvalue weighted by atomic mass is 10.2. The maximum Gasteiger partial charge on any atom is 0.573 e. The molecule has 0 radical (unpaired) electrons. The Balaban J connectivity index is 1.62. The second kappa shape index (κ2) is 10.5. The summed E-state index contributed by atoms with van der Waals surface area (Å²) >= 11 is 0. The molecule has 0 spiro atoms. The first-order valence-electron chi connectivity index (χ1n) is 9.38. The zero-order valence-electron chi connectivity index (χ0n) is 17.1. The normalized spacial score (nSPS) is 12.3. The molecule has 0 saturated heterocycles. The van der Waals surface area contributed by atoms with E-state index in [0.717, 1.165) is 30.3 Å². The number of anilines is 2. The minimum Gasteiger partial charge on any atom is -0.428 e. The van der Waals surface area contributed by atoms with Gasteiger partial charge in [-0.2, -0.15) is 37.0 Å². The molecule has 0 aliphatic rings. The molecule has 35 heavy (non-hydrogen) atoms. The number of halogens is 8. The summed E-state index contributed by atoms with van der Waals surface area (Å²) in [6.07, 6.45) is -13.5. The molecule has 1 N–H and O–H groups in total. The number of rotatable bonds is 9. The Bertz CT molecular complexity index is 1160. The molecule has 1 heterocycles. The van der Waals surface area contributed by atoms with Crippen LogP contribution in [0.1, 0.15) is 5.56 Å². The van der Waals surface area contributed by atoms with Crippen molar-refractivity contribution in [1.82, 2.24) is 9.97 Å². The molecular formula is C20H13F8N5O2. The predicted octanol–water partition coefficient (Wildman–Crippen LogP) is 6.78. The molecule has 3 rings (SSSR count). The zero-order chi connectivity index (χ0) is 25.6. The lowest BCUT2D eigenvalue weighted by Gasteiger charge is -2.17. The van der Waals surface area contributed by atoms with Crippen LogP contribution in [0.2, 0.25) is 0 Å². The van der Waals surface area contributed by atoms with E-state index in [4.69, 9.17) is 0 Å². The van der Waals surface area contributed by atoms with E-state index in [-0.39, 0.29) is 24.0 Å². The van der Waals surface area contributed by atoms with Gasteiger partial charge < -0.3 is 14.8 Å². The molecule has 7 nitrogen and oxygen atoms in total. The summed E-state index contributed by atoms with van der Waals surface area (Å²) in [5.74, 6) is -2.40. The third-order valence-electron chi connectivity index (χ3n) is 3.89. The van der Waals surface area contributed by atoms with Gasteiger partial charge in [-0.1, -0.05) is 12.1 Å². The summed E-state index contributed by atoms with van der Waals surface area (Å²) in [6, 6.07) is 10.1. The van der Waals surface area contributed by atoms with E-state index >= 15 is 0 Å². The molecule has 0 aliphatic carbocycles. The maximum absolute atomic E-state index is 13.8. The van der Waals surface area contributed by atoms with Crippen LogP contribution in [0.3, 0.4) is 0 Å². The van der Waals surface area contributed by atoms with Gasteiger partial charge in [0.05, 0.1) is 6.54 Å². The van der Waals surface area contributed by atoms with Gasteiger partial charge in [-0.3, -0.25) is 0 Å². The van der Waals surface area contributed by atoms with Crippen LogP contribution in [0, 0.1) is 5.95 Å². The predicted molar refractivity (Wildman–Crippen MR) is 105 cm³/mol. The van der Waals surface area contributed by atoms with Gasteiger partial charge in [-0.05, 0) is 42.0 Å².